The van der Waals surface area contributed by atoms with Gasteiger partial charge in [-0.05, 0) is 24.6 Å². The lowest BCUT2D eigenvalue weighted by molar-refractivity contribution is -0.136. The van der Waals surface area contributed by atoms with E-state index < -0.39 is 17.9 Å². The molecule has 2 rings (SSSR count). The third-order valence-corrected chi connectivity index (χ3v) is 3.56. The number of carbonyl (C=O) groups excluding carboxylic acids is 2. The summed E-state index contributed by atoms with van der Waals surface area (Å²) in [5.41, 5.74) is 4.30. The van der Waals surface area contributed by atoms with E-state index in [0.29, 0.717) is 22.6 Å². The molecule has 23 heavy (non-hydrogen) atoms. The Morgan fingerprint density at radius 2 is 1.65 bits per heavy atom. The average Bonchev–Trinajstić information content (AvgIpc) is 2.60. The number of benzene rings is 1. The lowest BCUT2D eigenvalue weighted by Crippen LogP contribution is -2.35. The van der Waals surface area contributed by atoms with Gasteiger partial charge in [0, 0.05) is 5.70 Å². The summed E-state index contributed by atoms with van der Waals surface area (Å²) in [4.78, 5) is 24.2. The van der Waals surface area contributed by atoms with E-state index in [2.05, 4.69) is 10.5 Å². The summed E-state index contributed by atoms with van der Waals surface area (Å²) in [7, 11) is 4.11. The van der Waals surface area contributed by atoms with Gasteiger partial charge in [0.2, 0.25) is 0 Å². The number of rotatable bonds is 4. The number of nitrogens with zero attached hydrogens (tertiary/aromatic N) is 1. The monoisotopic (exact) mass is 318 g/mol. The molecule has 1 aromatic rings. The first-order chi connectivity index (χ1) is 11.0. The molecule has 0 radical (unpaired) electrons. The van der Waals surface area contributed by atoms with Gasteiger partial charge in [-0.25, -0.2) is 9.59 Å². The lowest BCUT2D eigenvalue weighted by atomic mass is 9.84. The van der Waals surface area contributed by atoms with Crippen LogP contribution in [-0.4, -0.2) is 39.0 Å². The molecule has 7 nitrogen and oxygen atoms in total. The molecule has 1 aliphatic heterocycles. The smallest absolute Gasteiger partial charge is 0.355 e. The highest BCUT2D eigenvalue weighted by Gasteiger charge is 2.37. The number of ether oxygens (including phenoxy) is 3. The van der Waals surface area contributed by atoms with Crippen molar-refractivity contribution in [1.82, 2.24) is 5.43 Å². The molecular formula is C16H18N2O5. The quantitative estimate of drug-likeness (QED) is 0.844. The molecule has 1 aromatic carbocycles. The molecule has 0 bridgehead atoms. The van der Waals surface area contributed by atoms with Crippen LogP contribution in [0, 0.1) is 0 Å². The Morgan fingerprint density at radius 1 is 1.04 bits per heavy atom. The number of methoxy groups -OCH3 is 3. The number of hydrogen-bond donors (Lipinski definition) is 1. The molecule has 0 saturated heterocycles. The van der Waals surface area contributed by atoms with Gasteiger partial charge in [0.05, 0.1) is 32.8 Å². The fourth-order valence-corrected chi connectivity index (χ4v) is 2.39. The third kappa shape index (κ3) is 3.18. The lowest BCUT2D eigenvalue weighted by Gasteiger charge is -2.25. The Labute approximate surface area is 133 Å². The minimum absolute atomic E-state index is 0.0867. The summed E-state index contributed by atoms with van der Waals surface area (Å²) in [5, 5.41) is 4.04. The number of hydrazone groups is 1. The molecule has 0 fully saturated rings. The summed E-state index contributed by atoms with van der Waals surface area (Å²) in [5.74, 6) is -1.17. The average molecular weight is 318 g/mol. The fourth-order valence-electron chi connectivity index (χ4n) is 2.39. The Morgan fingerprint density at radius 3 is 2.17 bits per heavy atom. The van der Waals surface area contributed by atoms with Crippen LogP contribution in [0.4, 0.5) is 0 Å². The molecule has 0 spiro atoms. The third-order valence-electron chi connectivity index (χ3n) is 3.56. The molecule has 0 amide bonds. The van der Waals surface area contributed by atoms with Crippen molar-refractivity contribution in [2.24, 2.45) is 5.10 Å². The first-order valence-corrected chi connectivity index (χ1v) is 6.88. The van der Waals surface area contributed by atoms with Gasteiger partial charge in [0.15, 0.2) is 5.71 Å². The van der Waals surface area contributed by atoms with Crippen molar-refractivity contribution < 1.29 is 23.8 Å². The summed E-state index contributed by atoms with van der Waals surface area (Å²) in [6.07, 6.45) is 0. The normalized spacial score (nSPS) is 17.0. The van der Waals surface area contributed by atoms with Crippen molar-refractivity contribution in [2.45, 2.75) is 12.8 Å². The van der Waals surface area contributed by atoms with E-state index in [1.54, 1.807) is 38.3 Å². The summed E-state index contributed by atoms with van der Waals surface area (Å²) < 4.78 is 14.8. The second-order valence-corrected chi connectivity index (χ2v) is 4.84. The van der Waals surface area contributed by atoms with E-state index in [9.17, 15) is 9.59 Å². The van der Waals surface area contributed by atoms with Crippen molar-refractivity contribution in [3.8, 4) is 5.75 Å². The number of carbonyl (C=O) groups is 2. The standard InChI is InChI=1S/C16H18N2O5/c1-9-12(15(19)22-3)13(14(18-17-9)16(20)23-4)10-5-7-11(21-2)8-6-10/h5-8,13,17H,1-4H3. The van der Waals surface area contributed by atoms with Crippen LogP contribution >= 0.6 is 0 Å². The van der Waals surface area contributed by atoms with E-state index in [1.807, 2.05) is 0 Å². The molecule has 0 saturated carbocycles. The van der Waals surface area contributed by atoms with Crippen LogP contribution in [0.5, 0.6) is 5.75 Å². The zero-order valence-corrected chi connectivity index (χ0v) is 13.4. The van der Waals surface area contributed by atoms with Gasteiger partial charge < -0.3 is 14.2 Å². The number of hydrogen-bond acceptors (Lipinski definition) is 7. The summed E-state index contributed by atoms with van der Waals surface area (Å²) in [6.45, 7) is 1.69. The van der Waals surface area contributed by atoms with E-state index in [4.69, 9.17) is 14.2 Å². The molecular weight excluding hydrogens is 300 g/mol. The van der Waals surface area contributed by atoms with Crippen LogP contribution in [0.2, 0.25) is 0 Å². The van der Waals surface area contributed by atoms with Crippen LogP contribution < -0.4 is 10.2 Å². The minimum Gasteiger partial charge on any atom is -0.497 e. The van der Waals surface area contributed by atoms with Gasteiger partial charge in [0.1, 0.15) is 5.75 Å². The molecule has 1 atom stereocenters. The van der Waals surface area contributed by atoms with Gasteiger partial charge >= 0.3 is 11.9 Å². The predicted molar refractivity (Wildman–Crippen MR) is 83.0 cm³/mol. The Balaban J connectivity index is 2.55. The topological polar surface area (TPSA) is 86.2 Å². The van der Waals surface area contributed by atoms with Crippen molar-refractivity contribution >= 4 is 17.7 Å². The molecule has 0 aliphatic carbocycles. The van der Waals surface area contributed by atoms with Gasteiger partial charge in [-0.1, -0.05) is 12.1 Å². The van der Waals surface area contributed by atoms with Crippen LogP contribution in [-0.2, 0) is 19.1 Å². The van der Waals surface area contributed by atoms with Crippen molar-refractivity contribution in [3.63, 3.8) is 0 Å². The van der Waals surface area contributed by atoms with E-state index in [-0.39, 0.29) is 5.71 Å². The van der Waals surface area contributed by atoms with Crippen LogP contribution in [0.15, 0.2) is 40.6 Å². The summed E-state index contributed by atoms with van der Waals surface area (Å²) in [6, 6.07) is 7.03. The van der Waals surface area contributed by atoms with Crippen LogP contribution in [0.1, 0.15) is 18.4 Å². The SMILES string of the molecule is COC(=O)C1=NNC(C)=C(C(=O)OC)C1c1ccc(OC)cc1. The highest BCUT2D eigenvalue weighted by atomic mass is 16.5. The van der Waals surface area contributed by atoms with Crippen LogP contribution in [0.25, 0.3) is 0 Å². The van der Waals surface area contributed by atoms with Crippen molar-refractivity contribution in [1.29, 1.82) is 0 Å². The predicted octanol–water partition coefficient (Wildman–Crippen LogP) is 1.36. The van der Waals surface area contributed by atoms with Crippen molar-refractivity contribution in [3.05, 3.63) is 41.1 Å². The first kappa shape index (κ1) is 16.5. The van der Waals surface area contributed by atoms with E-state index in [1.165, 1.54) is 14.2 Å². The molecule has 1 aliphatic rings. The Hall–Kier alpha value is -2.83. The molecule has 1 unspecified atom stereocenters. The van der Waals surface area contributed by atoms with Crippen molar-refractivity contribution in [2.75, 3.05) is 21.3 Å². The molecule has 1 heterocycles. The highest BCUT2D eigenvalue weighted by molar-refractivity contribution is 6.40. The number of nitrogens with one attached hydrogen (secondary N) is 1. The first-order valence-electron chi connectivity index (χ1n) is 6.88. The highest BCUT2D eigenvalue weighted by Crippen LogP contribution is 2.32. The minimum atomic E-state index is -0.679. The largest absolute Gasteiger partial charge is 0.497 e. The second kappa shape index (κ2) is 6.95. The van der Waals surface area contributed by atoms with Gasteiger partial charge in [0.25, 0.3) is 0 Å². The Bertz CT molecular complexity index is 676. The fraction of sp³-hybridized carbons (Fsp3) is 0.312. The zero-order valence-electron chi connectivity index (χ0n) is 13.4. The number of esters is 2. The van der Waals surface area contributed by atoms with E-state index in [0.717, 1.165) is 0 Å². The zero-order chi connectivity index (χ0) is 17.0. The molecule has 7 heteroatoms. The molecule has 1 N–H and O–H groups in total. The van der Waals surface area contributed by atoms with E-state index >= 15 is 0 Å². The van der Waals surface area contributed by atoms with Crippen LogP contribution in [0.3, 0.4) is 0 Å². The maximum absolute atomic E-state index is 12.2. The van der Waals surface area contributed by atoms with Gasteiger partial charge in [-0.3, -0.25) is 5.43 Å². The molecule has 0 aromatic heterocycles. The maximum atomic E-state index is 12.2. The Kier molecular flexibility index (Phi) is 5.00. The van der Waals surface area contributed by atoms with Gasteiger partial charge in [-0.15, -0.1) is 0 Å². The second-order valence-electron chi connectivity index (χ2n) is 4.84. The maximum Gasteiger partial charge on any atom is 0.355 e. The van der Waals surface area contributed by atoms with Gasteiger partial charge in [-0.2, -0.15) is 5.10 Å². The summed E-state index contributed by atoms with van der Waals surface area (Å²) >= 11 is 0. The molecule has 122 valence electrons. The number of allylic oxidation sites excluding steroid dienone is 1.